The van der Waals surface area contributed by atoms with Crippen LogP contribution >= 0.6 is 0 Å². The van der Waals surface area contributed by atoms with Crippen LogP contribution in [0.5, 0.6) is 5.75 Å². The number of nitrogens with one attached hydrogen (secondary N) is 1. The van der Waals surface area contributed by atoms with Gasteiger partial charge in [-0.1, -0.05) is 19.9 Å². The Hall–Kier alpha value is -1.75. The lowest BCUT2D eigenvalue weighted by Crippen LogP contribution is -2.46. The predicted molar refractivity (Wildman–Crippen MR) is 93.6 cm³/mol. The monoisotopic (exact) mass is 319 g/mol. The van der Waals surface area contributed by atoms with Gasteiger partial charge in [0, 0.05) is 32.6 Å². The maximum absolute atomic E-state index is 12.2. The third-order valence-corrected chi connectivity index (χ3v) is 4.12. The lowest BCUT2D eigenvalue weighted by molar-refractivity contribution is -0.131. The van der Waals surface area contributed by atoms with Crippen LogP contribution in [0.3, 0.4) is 0 Å². The molecule has 1 aliphatic rings. The van der Waals surface area contributed by atoms with Crippen molar-refractivity contribution in [2.24, 2.45) is 5.92 Å². The number of nitrogens with two attached hydrogens (primary N) is 1. The molecule has 0 spiro atoms. The lowest BCUT2D eigenvalue weighted by Gasteiger charge is -2.27. The maximum atomic E-state index is 12.2. The number of ether oxygens (including phenoxy) is 1. The average molecular weight is 319 g/mol. The molecule has 1 aromatic rings. The van der Waals surface area contributed by atoms with Gasteiger partial charge in [0.05, 0.1) is 12.3 Å². The minimum atomic E-state index is 0.224. The zero-order valence-electron chi connectivity index (χ0n) is 14.3. The van der Waals surface area contributed by atoms with Gasteiger partial charge < -0.3 is 20.7 Å². The van der Waals surface area contributed by atoms with Gasteiger partial charge >= 0.3 is 0 Å². The molecule has 0 aliphatic carbocycles. The number of carbonyl (C=O) groups is 1. The van der Waals surface area contributed by atoms with E-state index >= 15 is 0 Å². The summed E-state index contributed by atoms with van der Waals surface area (Å²) in [7, 11) is 0. The van der Waals surface area contributed by atoms with Gasteiger partial charge in [-0.25, -0.2) is 0 Å². The van der Waals surface area contributed by atoms with Crippen LogP contribution in [-0.2, 0) is 11.2 Å². The van der Waals surface area contributed by atoms with Crippen LogP contribution in [0, 0.1) is 5.92 Å². The zero-order chi connectivity index (χ0) is 16.7. The highest BCUT2D eigenvalue weighted by molar-refractivity contribution is 5.76. The van der Waals surface area contributed by atoms with Crippen molar-refractivity contribution < 1.29 is 9.53 Å². The first-order chi connectivity index (χ1) is 11.1. The molecule has 5 nitrogen and oxygen atoms in total. The Labute approximate surface area is 139 Å². The molecule has 0 saturated carbocycles. The van der Waals surface area contributed by atoms with Gasteiger partial charge in [-0.2, -0.15) is 0 Å². The molecule has 128 valence electrons. The van der Waals surface area contributed by atoms with Crippen molar-refractivity contribution in [3.05, 3.63) is 23.8 Å². The van der Waals surface area contributed by atoms with Gasteiger partial charge in [-0.15, -0.1) is 0 Å². The molecule has 1 saturated heterocycles. The second-order valence-electron chi connectivity index (χ2n) is 6.53. The highest BCUT2D eigenvalue weighted by Gasteiger charge is 2.15. The van der Waals surface area contributed by atoms with E-state index in [4.69, 9.17) is 10.5 Å². The van der Waals surface area contributed by atoms with Gasteiger partial charge in [-0.05, 0) is 36.5 Å². The Morgan fingerprint density at radius 1 is 1.35 bits per heavy atom. The maximum Gasteiger partial charge on any atom is 0.222 e. The van der Waals surface area contributed by atoms with Crippen molar-refractivity contribution in [2.75, 3.05) is 38.5 Å². The normalized spacial score (nSPS) is 15.0. The third-order valence-electron chi connectivity index (χ3n) is 4.12. The van der Waals surface area contributed by atoms with Crippen LogP contribution in [-0.4, -0.2) is 43.6 Å². The fraction of sp³-hybridized carbons (Fsp3) is 0.611. The largest absolute Gasteiger partial charge is 0.491 e. The summed E-state index contributed by atoms with van der Waals surface area (Å²) in [4.78, 5) is 14.1. The van der Waals surface area contributed by atoms with E-state index in [0.717, 1.165) is 50.3 Å². The molecule has 0 radical (unpaired) electrons. The molecular weight excluding hydrogens is 290 g/mol. The molecule has 0 aromatic heterocycles. The Bertz CT molecular complexity index is 511. The Morgan fingerprint density at radius 2 is 2.09 bits per heavy atom. The molecule has 1 fully saturated rings. The third kappa shape index (κ3) is 5.75. The quantitative estimate of drug-likeness (QED) is 0.755. The minimum Gasteiger partial charge on any atom is -0.491 e. The summed E-state index contributed by atoms with van der Waals surface area (Å²) >= 11 is 0. The zero-order valence-corrected chi connectivity index (χ0v) is 14.3. The number of carbonyl (C=O) groups excluding carboxylic acids is 1. The first-order valence-corrected chi connectivity index (χ1v) is 8.56. The van der Waals surface area contributed by atoms with E-state index in [1.807, 2.05) is 23.1 Å². The van der Waals surface area contributed by atoms with Crippen LogP contribution in [0.25, 0.3) is 0 Å². The number of nitrogens with zero attached hydrogens (tertiary/aromatic N) is 1. The molecule has 1 aliphatic heterocycles. The van der Waals surface area contributed by atoms with E-state index in [0.29, 0.717) is 24.6 Å². The van der Waals surface area contributed by atoms with Gasteiger partial charge in [0.1, 0.15) is 5.75 Å². The molecular formula is C18H29N3O2. The number of aryl methyl sites for hydroxylation is 1. The fourth-order valence-electron chi connectivity index (χ4n) is 2.61. The van der Waals surface area contributed by atoms with E-state index in [-0.39, 0.29) is 5.91 Å². The first kappa shape index (κ1) is 17.6. The van der Waals surface area contributed by atoms with Crippen molar-refractivity contribution in [1.29, 1.82) is 0 Å². The number of piperazine rings is 1. The summed E-state index contributed by atoms with van der Waals surface area (Å²) in [6.45, 7) is 8.43. The van der Waals surface area contributed by atoms with E-state index in [1.165, 1.54) is 0 Å². The van der Waals surface area contributed by atoms with Crippen LogP contribution in [0.15, 0.2) is 18.2 Å². The number of nitrogen functional groups attached to an aromatic ring is 1. The van der Waals surface area contributed by atoms with Gasteiger partial charge in [-0.3, -0.25) is 4.79 Å². The van der Waals surface area contributed by atoms with E-state index in [2.05, 4.69) is 19.2 Å². The van der Waals surface area contributed by atoms with Crippen LogP contribution in [0.4, 0.5) is 5.69 Å². The molecule has 1 amide bonds. The van der Waals surface area contributed by atoms with Crippen LogP contribution < -0.4 is 15.8 Å². The lowest BCUT2D eigenvalue weighted by atomic mass is 10.1. The van der Waals surface area contributed by atoms with Crippen molar-refractivity contribution in [3.8, 4) is 5.75 Å². The molecule has 2 rings (SSSR count). The van der Waals surface area contributed by atoms with Crippen LogP contribution in [0.1, 0.15) is 32.3 Å². The minimum absolute atomic E-state index is 0.224. The average Bonchev–Trinajstić information content (AvgIpc) is 2.55. The molecule has 1 aromatic carbocycles. The van der Waals surface area contributed by atoms with E-state index in [9.17, 15) is 4.79 Å². The van der Waals surface area contributed by atoms with Gasteiger partial charge in [0.2, 0.25) is 5.91 Å². The fourth-order valence-corrected chi connectivity index (χ4v) is 2.61. The Kier molecular flexibility index (Phi) is 6.71. The number of hydrogen-bond donors (Lipinski definition) is 2. The highest BCUT2D eigenvalue weighted by atomic mass is 16.5. The summed E-state index contributed by atoms with van der Waals surface area (Å²) in [6.07, 6.45) is 2.27. The number of anilines is 1. The first-order valence-electron chi connectivity index (χ1n) is 8.56. The molecule has 0 bridgehead atoms. The Balaban J connectivity index is 1.81. The number of hydrogen-bond acceptors (Lipinski definition) is 4. The summed E-state index contributed by atoms with van der Waals surface area (Å²) < 4.78 is 5.72. The van der Waals surface area contributed by atoms with Crippen molar-refractivity contribution >= 4 is 11.6 Å². The second kappa shape index (κ2) is 8.77. The number of rotatable bonds is 7. The SMILES string of the molecule is CC(C)CCOc1ccc(CCC(=O)N2CCNCC2)cc1N. The number of amides is 1. The molecule has 3 N–H and O–H groups in total. The van der Waals surface area contributed by atoms with E-state index < -0.39 is 0 Å². The van der Waals surface area contributed by atoms with Crippen molar-refractivity contribution in [1.82, 2.24) is 10.2 Å². The summed E-state index contributed by atoms with van der Waals surface area (Å²) in [5.41, 5.74) is 7.80. The molecule has 0 atom stereocenters. The number of benzene rings is 1. The summed E-state index contributed by atoms with van der Waals surface area (Å²) in [6, 6.07) is 5.85. The smallest absolute Gasteiger partial charge is 0.222 e. The highest BCUT2D eigenvalue weighted by Crippen LogP contribution is 2.23. The second-order valence-corrected chi connectivity index (χ2v) is 6.53. The summed E-state index contributed by atoms with van der Waals surface area (Å²) in [5, 5.41) is 3.26. The van der Waals surface area contributed by atoms with Gasteiger partial charge in [0.15, 0.2) is 0 Å². The van der Waals surface area contributed by atoms with Gasteiger partial charge in [0.25, 0.3) is 0 Å². The topological polar surface area (TPSA) is 67.6 Å². The summed E-state index contributed by atoms with van der Waals surface area (Å²) in [5.74, 6) is 1.58. The molecule has 23 heavy (non-hydrogen) atoms. The Morgan fingerprint density at radius 3 is 2.74 bits per heavy atom. The molecule has 1 heterocycles. The predicted octanol–water partition coefficient (Wildman–Crippen LogP) is 2.06. The van der Waals surface area contributed by atoms with Crippen molar-refractivity contribution in [3.63, 3.8) is 0 Å². The molecule has 0 unspecified atom stereocenters. The van der Waals surface area contributed by atoms with E-state index in [1.54, 1.807) is 0 Å². The standard InChI is InChI=1S/C18H29N3O2/c1-14(2)7-12-23-17-5-3-15(13-16(17)19)4-6-18(22)21-10-8-20-9-11-21/h3,5,13-14,20H,4,6-12,19H2,1-2H3. The van der Waals surface area contributed by atoms with Crippen LogP contribution in [0.2, 0.25) is 0 Å². The van der Waals surface area contributed by atoms with Crippen molar-refractivity contribution in [2.45, 2.75) is 33.1 Å². The molecule has 5 heteroatoms.